The van der Waals surface area contributed by atoms with Crippen molar-refractivity contribution in [1.29, 1.82) is 0 Å². The van der Waals surface area contributed by atoms with Gasteiger partial charge in [-0.1, -0.05) is 13.0 Å². The lowest BCUT2D eigenvalue weighted by Crippen LogP contribution is -2.21. The fourth-order valence-corrected chi connectivity index (χ4v) is 3.37. The molecule has 3 rings (SSSR count). The van der Waals surface area contributed by atoms with E-state index in [-0.39, 0.29) is 0 Å². The van der Waals surface area contributed by atoms with Crippen molar-refractivity contribution in [2.75, 3.05) is 33.4 Å². The predicted octanol–water partition coefficient (Wildman–Crippen LogP) is 3.50. The molecule has 0 spiro atoms. The summed E-state index contributed by atoms with van der Waals surface area (Å²) in [5.41, 5.74) is 3.35. The number of ether oxygens (including phenoxy) is 2. The number of benzene rings is 1. The number of hydrogen-bond donors (Lipinski definition) is 0. The summed E-state index contributed by atoms with van der Waals surface area (Å²) in [6.07, 6.45) is 7.24. The van der Waals surface area contributed by atoms with Gasteiger partial charge in [0.05, 0.1) is 25.6 Å². The molecule has 1 saturated heterocycles. The molecule has 0 radical (unpaired) electrons. The van der Waals surface area contributed by atoms with E-state index in [1.165, 1.54) is 31.5 Å². The zero-order chi connectivity index (χ0) is 18.2. The Morgan fingerprint density at radius 1 is 1.08 bits per heavy atom. The highest BCUT2D eigenvalue weighted by molar-refractivity contribution is 5.43. The summed E-state index contributed by atoms with van der Waals surface area (Å²) in [4.78, 5) is 2.51. The second-order valence-corrected chi connectivity index (χ2v) is 6.82. The molecule has 26 heavy (non-hydrogen) atoms. The van der Waals surface area contributed by atoms with Crippen LogP contribution in [-0.2, 0) is 12.8 Å². The summed E-state index contributed by atoms with van der Waals surface area (Å²) in [6.45, 7) is 6.42. The van der Waals surface area contributed by atoms with Crippen LogP contribution in [0.3, 0.4) is 0 Å². The van der Waals surface area contributed by atoms with Crippen LogP contribution in [0.2, 0.25) is 0 Å². The minimum Gasteiger partial charge on any atom is -0.493 e. The number of nitrogens with zero attached hydrogens (tertiary/aromatic N) is 3. The van der Waals surface area contributed by atoms with E-state index < -0.39 is 0 Å². The Hall–Kier alpha value is -2.14. The summed E-state index contributed by atoms with van der Waals surface area (Å²) in [5, 5.41) is 8.34. The molecule has 0 N–H and O–H groups in total. The van der Waals surface area contributed by atoms with Crippen LogP contribution in [0.4, 0.5) is 0 Å². The number of hydrogen-bond acceptors (Lipinski definition) is 5. The number of aryl methyl sites for hydroxylation is 1. The average molecular weight is 355 g/mol. The summed E-state index contributed by atoms with van der Waals surface area (Å²) >= 11 is 0. The number of aromatic nitrogens is 2. The maximum absolute atomic E-state index is 6.02. The van der Waals surface area contributed by atoms with Crippen LogP contribution in [0.25, 0.3) is 0 Å². The van der Waals surface area contributed by atoms with E-state index in [9.17, 15) is 0 Å². The summed E-state index contributed by atoms with van der Waals surface area (Å²) in [6, 6.07) is 8.22. The maximum Gasteiger partial charge on any atom is 0.161 e. The first-order chi connectivity index (χ1) is 12.8. The van der Waals surface area contributed by atoms with Crippen molar-refractivity contribution in [1.82, 2.24) is 15.1 Å². The van der Waals surface area contributed by atoms with Gasteiger partial charge in [-0.05, 0) is 68.1 Å². The van der Waals surface area contributed by atoms with Crippen LogP contribution in [0, 0.1) is 0 Å². The van der Waals surface area contributed by atoms with Crippen molar-refractivity contribution in [3.05, 3.63) is 47.3 Å². The van der Waals surface area contributed by atoms with Gasteiger partial charge < -0.3 is 14.4 Å². The van der Waals surface area contributed by atoms with Gasteiger partial charge in [-0.25, -0.2) is 0 Å². The van der Waals surface area contributed by atoms with Crippen molar-refractivity contribution in [3.8, 4) is 11.5 Å². The van der Waals surface area contributed by atoms with Gasteiger partial charge >= 0.3 is 0 Å². The van der Waals surface area contributed by atoms with E-state index in [0.717, 1.165) is 48.6 Å². The Bertz CT molecular complexity index is 699. The molecule has 0 aliphatic carbocycles. The summed E-state index contributed by atoms with van der Waals surface area (Å²) in [7, 11) is 1.68. The van der Waals surface area contributed by atoms with Gasteiger partial charge in [0, 0.05) is 13.0 Å². The second kappa shape index (κ2) is 9.53. The van der Waals surface area contributed by atoms with E-state index in [1.54, 1.807) is 7.11 Å². The predicted molar refractivity (Wildman–Crippen MR) is 103 cm³/mol. The fourth-order valence-electron chi connectivity index (χ4n) is 3.37. The van der Waals surface area contributed by atoms with E-state index in [2.05, 4.69) is 40.2 Å². The largest absolute Gasteiger partial charge is 0.493 e. The molecule has 0 amide bonds. The lowest BCUT2D eigenvalue weighted by molar-refractivity contribution is 0.254. The molecule has 1 aromatic carbocycles. The van der Waals surface area contributed by atoms with Gasteiger partial charge in [-0.2, -0.15) is 10.2 Å². The zero-order valence-corrected chi connectivity index (χ0v) is 15.9. The number of likely N-dealkylation sites (tertiary alicyclic amines) is 1. The molecule has 5 nitrogen and oxygen atoms in total. The third-order valence-corrected chi connectivity index (χ3v) is 4.86. The lowest BCUT2D eigenvalue weighted by atomic mass is 10.1. The molecule has 0 atom stereocenters. The van der Waals surface area contributed by atoms with Crippen LogP contribution < -0.4 is 9.47 Å². The Kier molecular flexibility index (Phi) is 6.83. The molecule has 140 valence electrons. The Morgan fingerprint density at radius 3 is 2.69 bits per heavy atom. The molecule has 1 aromatic heterocycles. The number of methoxy groups -OCH3 is 1. The normalized spacial score (nSPS) is 14.5. The van der Waals surface area contributed by atoms with Gasteiger partial charge in [-0.15, -0.1) is 0 Å². The van der Waals surface area contributed by atoms with Gasteiger partial charge in [0.25, 0.3) is 0 Å². The third-order valence-electron chi connectivity index (χ3n) is 4.86. The molecular weight excluding hydrogens is 326 g/mol. The molecule has 5 heteroatoms. The van der Waals surface area contributed by atoms with E-state index in [1.807, 2.05) is 12.3 Å². The molecule has 1 fully saturated rings. The van der Waals surface area contributed by atoms with Crippen LogP contribution >= 0.6 is 0 Å². The lowest BCUT2D eigenvalue weighted by Gasteiger charge is -2.16. The minimum absolute atomic E-state index is 0.710. The highest BCUT2D eigenvalue weighted by Crippen LogP contribution is 2.29. The molecule has 0 saturated carbocycles. The Labute approximate surface area is 156 Å². The Balaban J connectivity index is 1.59. The Morgan fingerprint density at radius 2 is 1.92 bits per heavy atom. The standard InChI is InChI=1S/C21H29N3O2/c1-3-17-13-19(23-22-16-17)14-18-7-8-20(25-2)21(15-18)26-12-6-11-24-9-4-5-10-24/h7-8,13,15-16H,3-6,9-12,14H2,1-2H3. The highest BCUT2D eigenvalue weighted by atomic mass is 16.5. The SMILES string of the molecule is CCc1cnnc(Cc2ccc(OC)c(OCCCN3CCCC3)c2)c1. The van der Waals surface area contributed by atoms with Crippen molar-refractivity contribution in [2.24, 2.45) is 0 Å². The van der Waals surface area contributed by atoms with E-state index in [0.29, 0.717) is 6.61 Å². The van der Waals surface area contributed by atoms with Gasteiger partial charge in [0.2, 0.25) is 0 Å². The van der Waals surface area contributed by atoms with Gasteiger partial charge in [0.15, 0.2) is 11.5 Å². The molecular formula is C21H29N3O2. The van der Waals surface area contributed by atoms with Crippen LogP contribution in [0.5, 0.6) is 11.5 Å². The van der Waals surface area contributed by atoms with Crippen LogP contribution in [0.1, 0.15) is 43.0 Å². The molecule has 1 aliphatic heterocycles. The summed E-state index contributed by atoms with van der Waals surface area (Å²) < 4.78 is 11.5. The highest BCUT2D eigenvalue weighted by Gasteiger charge is 2.11. The first kappa shape index (κ1) is 18.6. The molecule has 0 bridgehead atoms. The smallest absolute Gasteiger partial charge is 0.161 e. The number of rotatable bonds is 9. The van der Waals surface area contributed by atoms with Crippen LogP contribution in [-0.4, -0.2) is 48.4 Å². The minimum atomic E-state index is 0.710. The second-order valence-electron chi connectivity index (χ2n) is 6.82. The van der Waals surface area contributed by atoms with Gasteiger partial charge in [-0.3, -0.25) is 0 Å². The molecule has 2 heterocycles. The average Bonchev–Trinajstić information content (AvgIpc) is 3.19. The summed E-state index contributed by atoms with van der Waals surface area (Å²) in [5.74, 6) is 1.59. The van der Waals surface area contributed by atoms with E-state index in [4.69, 9.17) is 9.47 Å². The monoisotopic (exact) mass is 355 g/mol. The first-order valence-corrected chi connectivity index (χ1v) is 9.61. The van der Waals surface area contributed by atoms with Gasteiger partial charge in [0.1, 0.15) is 0 Å². The fraction of sp³-hybridized carbons (Fsp3) is 0.524. The topological polar surface area (TPSA) is 47.5 Å². The zero-order valence-electron chi connectivity index (χ0n) is 15.9. The van der Waals surface area contributed by atoms with Crippen molar-refractivity contribution >= 4 is 0 Å². The quantitative estimate of drug-likeness (QED) is 0.644. The van der Waals surface area contributed by atoms with Crippen molar-refractivity contribution < 1.29 is 9.47 Å². The van der Waals surface area contributed by atoms with Crippen molar-refractivity contribution in [2.45, 2.75) is 39.0 Å². The molecule has 2 aromatic rings. The first-order valence-electron chi connectivity index (χ1n) is 9.61. The van der Waals surface area contributed by atoms with Crippen LogP contribution in [0.15, 0.2) is 30.5 Å². The molecule has 0 unspecified atom stereocenters. The maximum atomic E-state index is 6.02. The van der Waals surface area contributed by atoms with Crippen molar-refractivity contribution in [3.63, 3.8) is 0 Å². The molecule has 1 aliphatic rings. The van der Waals surface area contributed by atoms with E-state index >= 15 is 0 Å². The third kappa shape index (κ3) is 5.18.